The van der Waals surface area contributed by atoms with Gasteiger partial charge in [0, 0.05) is 29.3 Å². The zero-order valence-corrected chi connectivity index (χ0v) is 14.3. The maximum Gasteiger partial charge on any atom is 0.303 e. The van der Waals surface area contributed by atoms with Crippen molar-refractivity contribution >= 4 is 23.4 Å². The van der Waals surface area contributed by atoms with Crippen molar-refractivity contribution in [2.24, 2.45) is 0 Å². The highest BCUT2D eigenvalue weighted by atomic mass is 32.2. The molecule has 4 heteroatoms. The number of nitrogens with zero attached hydrogens (tertiary/aromatic N) is 1. The fraction of sp³-hybridized carbons (Fsp3) is 0.316. The fourth-order valence-electron chi connectivity index (χ4n) is 2.46. The van der Waals surface area contributed by atoms with Gasteiger partial charge in [0.25, 0.3) is 0 Å². The Morgan fingerprint density at radius 3 is 2.43 bits per heavy atom. The van der Waals surface area contributed by atoms with Gasteiger partial charge in [-0.05, 0) is 37.1 Å². The monoisotopic (exact) mass is 329 g/mol. The lowest BCUT2D eigenvalue weighted by molar-refractivity contribution is -0.137. The summed E-state index contributed by atoms with van der Waals surface area (Å²) in [6.45, 7) is 3.86. The number of carboxylic acids is 1. The number of benzene rings is 2. The predicted octanol–water partition coefficient (Wildman–Crippen LogP) is 4.92. The first-order valence-electron chi connectivity index (χ1n) is 7.99. The van der Waals surface area contributed by atoms with Gasteiger partial charge in [-0.1, -0.05) is 49.0 Å². The summed E-state index contributed by atoms with van der Waals surface area (Å²) >= 11 is 1.75. The zero-order chi connectivity index (χ0) is 16.5. The SMILES string of the molecule is CCCN(CCCC(=O)O)c1ccccc1Sc1ccccc1. The van der Waals surface area contributed by atoms with E-state index < -0.39 is 5.97 Å². The van der Waals surface area contributed by atoms with E-state index in [9.17, 15) is 4.79 Å². The first kappa shape index (κ1) is 17.4. The molecule has 0 unspecified atom stereocenters. The summed E-state index contributed by atoms with van der Waals surface area (Å²) in [6, 6.07) is 18.7. The molecule has 0 saturated carbocycles. The molecule has 0 aromatic heterocycles. The van der Waals surface area contributed by atoms with Gasteiger partial charge in [0.2, 0.25) is 0 Å². The van der Waals surface area contributed by atoms with E-state index in [4.69, 9.17) is 5.11 Å². The number of anilines is 1. The van der Waals surface area contributed by atoms with E-state index in [0.717, 1.165) is 19.5 Å². The van der Waals surface area contributed by atoms with Crippen LogP contribution in [0, 0.1) is 0 Å². The van der Waals surface area contributed by atoms with Crippen molar-refractivity contribution in [3.8, 4) is 0 Å². The Balaban J connectivity index is 2.16. The molecule has 23 heavy (non-hydrogen) atoms. The van der Waals surface area contributed by atoms with Crippen LogP contribution in [-0.2, 0) is 4.79 Å². The molecule has 0 saturated heterocycles. The van der Waals surface area contributed by atoms with Crippen molar-refractivity contribution in [2.45, 2.75) is 36.0 Å². The van der Waals surface area contributed by atoms with Crippen LogP contribution in [0.25, 0.3) is 0 Å². The van der Waals surface area contributed by atoms with Gasteiger partial charge in [-0.2, -0.15) is 0 Å². The van der Waals surface area contributed by atoms with Crippen molar-refractivity contribution in [2.75, 3.05) is 18.0 Å². The molecular weight excluding hydrogens is 306 g/mol. The van der Waals surface area contributed by atoms with Crippen molar-refractivity contribution in [3.05, 3.63) is 54.6 Å². The largest absolute Gasteiger partial charge is 0.481 e. The molecule has 0 aliphatic heterocycles. The van der Waals surface area contributed by atoms with E-state index in [1.54, 1.807) is 11.8 Å². The number of aliphatic carboxylic acids is 1. The van der Waals surface area contributed by atoms with Crippen LogP contribution in [0.15, 0.2) is 64.4 Å². The number of para-hydroxylation sites is 1. The topological polar surface area (TPSA) is 40.5 Å². The van der Waals surface area contributed by atoms with E-state index in [-0.39, 0.29) is 6.42 Å². The minimum absolute atomic E-state index is 0.216. The highest BCUT2D eigenvalue weighted by Gasteiger charge is 2.12. The highest BCUT2D eigenvalue weighted by Crippen LogP contribution is 2.35. The summed E-state index contributed by atoms with van der Waals surface area (Å²) < 4.78 is 0. The number of hydrogen-bond acceptors (Lipinski definition) is 3. The van der Waals surface area contributed by atoms with E-state index in [1.807, 2.05) is 24.3 Å². The Bertz CT molecular complexity index is 616. The van der Waals surface area contributed by atoms with Crippen LogP contribution in [0.5, 0.6) is 0 Å². The van der Waals surface area contributed by atoms with Crippen LogP contribution in [-0.4, -0.2) is 24.2 Å². The Morgan fingerprint density at radius 1 is 1.04 bits per heavy atom. The minimum atomic E-state index is -0.728. The van der Waals surface area contributed by atoms with Gasteiger partial charge in [0.1, 0.15) is 0 Å². The van der Waals surface area contributed by atoms with Gasteiger partial charge in [0.05, 0.1) is 5.69 Å². The van der Waals surface area contributed by atoms with Gasteiger partial charge in [-0.3, -0.25) is 4.79 Å². The van der Waals surface area contributed by atoms with Crippen LogP contribution in [0.2, 0.25) is 0 Å². The van der Waals surface area contributed by atoms with Crippen LogP contribution in [0.3, 0.4) is 0 Å². The Labute approximate surface area is 142 Å². The van der Waals surface area contributed by atoms with E-state index in [0.29, 0.717) is 6.42 Å². The smallest absolute Gasteiger partial charge is 0.303 e. The number of carbonyl (C=O) groups is 1. The lowest BCUT2D eigenvalue weighted by Gasteiger charge is -2.26. The molecule has 0 heterocycles. The molecule has 2 aromatic carbocycles. The van der Waals surface area contributed by atoms with Gasteiger partial charge >= 0.3 is 5.97 Å². The van der Waals surface area contributed by atoms with Gasteiger partial charge in [-0.15, -0.1) is 0 Å². The summed E-state index contributed by atoms with van der Waals surface area (Å²) in [5, 5.41) is 8.85. The molecule has 0 fully saturated rings. The fourth-order valence-corrected chi connectivity index (χ4v) is 3.46. The van der Waals surface area contributed by atoms with Crippen LogP contribution in [0.4, 0.5) is 5.69 Å². The van der Waals surface area contributed by atoms with Crippen molar-refractivity contribution in [3.63, 3.8) is 0 Å². The molecule has 0 bridgehead atoms. The summed E-state index contributed by atoms with van der Waals surface area (Å²) in [4.78, 5) is 15.5. The molecule has 0 amide bonds. The summed E-state index contributed by atoms with van der Waals surface area (Å²) in [6.07, 6.45) is 1.92. The quantitative estimate of drug-likeness (QED) is 0.709. The third-order valence-electron chi connectivity index (χ3n) is 3.49. The third-order valence-corrected chi connectivity index (χ3v) is 4.56. The van der Waals surface area contributed by atoms with Crippen LogP contribution < -0.4 is 4.90 Å². The number of rotatable bonds is 9. The standard InChI is InChI=1S/C19H23NO2S/c1-2-14-20(15-8-13-19(21)22)17-11-6-7-12-18(17)23-16-9-4-3-5-10-16/h3-7,9-12H,2,8,13-15H2,1H3,(H,21,22). The Kier molecular flexibility index (Phi) is 7.01. The Morgan fingerprint density at radius 2 is 1.74 bits per heavy atom. The lowest BCUT2D eigenvalue weighted by Crippen LogP contribution is -2.26. The van der Waals surface area contributed by atoms with E-state index >= 15 is 0 Å². The van der Waals surface area contributed by atoms with Crippen molar-refractivity contribution in [1.29, 1.82) is 0 Å². The lowest BCUT2D eigenvalue weighted by atomic mass is 10.2. The van der Waals surface area contributed by atoms with E-state index in [1.165, 1.54) is 15.5 Å². The third kappa shape index (κ3) is 5.64. The molecule has 0 atom stereocenters. The maximum absolute atomic E-state index is 10.8. The molecule has 2 aromatic rings. The summed E-state index contributed by atoms with van der Waals surface area (Å²) in [5.41, 5.74) is 1.19. The second kappa shape index (κ2) is 9.26. The second-order valence-corrected chi connectivity index (χ2v) is 6.48. The van der Waals surface area contributed by atoms with Gasteiger partial charge in [-0.25, -0.2) is 0 Å². The highest BCUT2D eigenvalue weighted by molar-refractivity contribution is 7.99. The predicted molar refractivity (Wildman–Crippen MR) is 96.4 cm³/mol. The first-order valence-corrected chi connectivity index (χ1v) is 8.81. The normalized spacial score (nSPS) is 10.5. The van der Waals surface area contributed by atoms with Gasteiger partial charge < -0.3 is 10.0 Å². The molecule has 1 N–H and O–H groups in total. The molecule has 0 radical (unpaired) electrons. The molecular formula is C19H23NO2S. The zero-order valence-electron chi connectivity index (χ0n) is 13.4. The van der Waals surface area contributed by atoms with Crippen molar-refractivity contribution < 1.29 is 9.90 Å². The Hall–Kier alpha value is -1.94. The van der Waals surface area contributed by atoms with Gasteiger partial charge in [0.15, 0.2) is 0 Å². The molecule has 0 aliphatic rings. The molecule has 122 valence electrons. The summed E-state index contributed by atoms with van der Waals surface area (Å²) in [7, 11) is 0. The number of carboxylic acid groups (broad SMARTS) is 1. The molecule has 3 nitrogen and oxygen atoms in total. The number of hydrogen-bond donors (Lipinski definition) is 1. The molecule has 2 rings (SSSR count). The molecule has 0 aliphatic carbocycles. The molecule has 0 spiro atoms. The second-order valence-electron chi connectivity index (χ2n) is 5.37. The summed E-state index contributed by atoms with van der Waals surface area (Å²) in [5.74, 6) is -0.728. The van der Waals surface area contributed by atoms with E-state index in [2.05, 4.69) is 42.2 Å². The van der Waals surface area contributed by atoms with Crippen LogP contribution >= 0.6 is 11.8 Å². The first-order chi connectivity index (χ1) is 11.2. The average Bonchev–Trinajstić information content (AvgIpc) is 2.55. The van der Waals surface area contributed by atoms with Crippen LogP contribution in [0.1, 0.15) is 26.2 Å². The maximum atomic E-state index is 10.8. The minimum Gasteiger partial charge on any atom is -0.481 e. The average molecular weight is 329 g/mol. The van der Waals surface area contributed by atoms with Crippen molar-refractivity contribution in [1.82, 2.24) is 0 Å².